The first-order valence-electron chi connectivity index (χ1n) is 8.24. The van der Waals surface area contributed by atoms with E-state index < -0.39 is 5.54 Å². The van der Waals surface area contributed by atoms with Gasteiger partial charge in [0, 0.05) is 13.2 Å². The molecule has 0 bridgehead atoms. The van der Waals surface area contributed by atoms with Crippen molar-refractivity contribution in [2.24, 2.45) is 0 Å². The van der Waals surface area contributed by atoms with Crippen LogP contribution in [0.1, 0.15) is 52.9 Å². The Kier molecular flexibility index (Phi) is 8.88. The monoisotopic (exact) mass is 301 g/mol. The molecule has 0 radical (unpaired) electrons. The van der Waals surface area contributed by atoms with E-state index >= 15 is 0 Å². The van der Waals surface area contributed by atoms with Gasteiger partial charge in [0.25, 0.3) is 0 Å². The quantitative estimate of drug-likeness (QED) is 0.495. The molecular weight excluding hydrogens is 270 g/mol. The van der Waals surface area contributed by atoms with Gasteiger partial charge in [0.2, 0.25) is 0 Å². The van der Waals surface area contributed by atoms with Gasteiger partial charge in [-0.05, 0) is 52.5 Å². The number of hydrogen-bond acceptors (Lipinski definition) is 5. The number of hydrogen-bond donors (Lipinski definition) is 1. The zero-order valence-electron chi connectivity index (χ0n) is 13.8. The van der Waals surface area contributed by atoms with Crippen molar-refractivity contribution in [2.75, 3.05) is 33.0 Å². The molecule has 21 heavy (non-hydrogen) atoms. The van der Waals surface area contributed by atoms with Crippen LogP contribution in [-0.4, -0.2) is 50.6 Å². The van der Waals surface area contributed by atoms with Crippen LogP contribution in [0.2, 0.25) is 0 Å². The Labute approximate surface area is 128 Å². The standard InChI is InChI=1S/C16H31NO4/c1-4-17-16(3,15(18)20-5-2)10-8-11-19-13-14-9-6-7-12-21-14/h14,17H,4-13H2,1-3H3. The van der Waals surface area contributed by atoms with Crippen molar-refractivity contribution in [3.05, 3.63) is 0 Å². The van der Waals surface area contributed by atoms with Crippen LogP contribution in [0.3, 0.4) is 0 Å². The van der Waals surface area contributed by atoms with Gasteiger partial charge in [0.05, 0.1) is 19.3 Å². The highest BCUT2D eigenvalue weighted by Crippen LogP contribution is 2.16. The van der Waals surface area contributed by atoms with E-state index in [0.29, 0.717) is 26.2 Å². The highest BCUT2D eigenvalue weighted by atomic mass is 16.5. The molecule has 124 valence electrons. The zero-order chi connectivity index (χ0) is 15.6. The fraction of sp³-hybridized carbons (Fsp3) is 0.938. The Hall–Kier alpha value is -0.650. The molecule has 1 rings (SSSR count). The molecule has 0 spiro atoms. The van der Waals surface area contributed by atoms with Crippen molar-refractivity contribution in [2.45, 2.75) is 64.5 Å². The fourth-order valence-electron chi connectivity index (χ4n) is 2.62. The number of carbonyl (C=O) groups excluding carboxylic acids is 1. The van der Waals surface area contributed by atoms with E-state index in [1.54, 1.807) is 0 Å². The van der Waals surface area contributed by atoms with Gasteiger partial charge in [-0.3, -0.25) is 4.79 Å². The molecule has 1 fully saturated rings. The largest absolute Gasteiger partial charge is 0.465 e. The highest BCUT2D eigenvalue weighted by Gasteiger charge is 2.33. The molecule has 1 aliphatic rings. The van der Waals surface area contributed by atoms with Crippen LogP contribution in [-0.2, 0) is 19.0 Å². The first-order chi connectivity index (χ1) is 10.1. The van der Waals surface area contributed by atoms with E-state index in [0.717, 1.165) is 32.4 Å². The van der Waals surface area contributed by atoms with Gasteiger partial charge >= 0.3 is 5.97 Å². The number of rotatable bonds is 10. The summed E-state index contributed by atoms with van der Waals surface area (Å²) in [6, 6.07) is 0. The summed E-state index contributed by atoms with van der Waals surface area (Å²) in [4.78, 5) is 12.0. The molecule has 1 N–H and O–H groups in total. The lowest BCUT2D eigenvalue weighted by atomic mass is 9.96. The summed E-state index contributed by atoms with van der Waals surface area (Å²) >= 11 is 0. The van der Waals surface area contributed by atoms with E-state index in [1.807, 2.05) is 20.8 Å². The van der Waals surface area contributed by atoms with Gasteiger partial charge in [-0.1, -0.05) is 6.92 Å². The predicted octanol–water partition coefficient (Wildman–Crippen LogP) is 2.28. The number of esters is 1. The average molecular weight is 301 g/mol. The Morgan fingerprint density at radius 3 is 2.81 bits per heavy atom. The van der Waals surface area contributed by atoms with Crippen LogP contribution in [0.4, 0.5) is 0 Å². The van der Waals surface area contributed by atoms with Crippen LogP contribution < -0.4 is 5.32 Å². The van der Waals surface area contributed by atoms with E-state index in [9.17, 15) is 4.79 Å². The Bertz CT molecular complexity index is 292. The molecule has 0 aromatic rings. The minimum Gasteiger partial charge on any atom is -0.465 e. The SMILES string of the molecule is CCNC(C)(CCCOCC1CCCCO1)C(=O)OCC. The zero-order valence-corrected chi connectivity index (χ0v) is 13.8. The molecule has 0 aromatic carbocycles. The second-order valence-electron chi connectivity index (χ2n) is 5.75. The van der Waals surface area contributed by atoms with Gasteiger partial charge in [-0.2, -0.15) is 0 Å². The van der Waals surface area contributed by atoms with Crippen LogP contribution >= 0.6 is 0 Å². The summed E-state index contributed by atoms with van der Waals surface area (Å²) in [5, 5.41) is 3.23. The summed E-state index contributed by atoms with van der Waals surface area (Å²) in [6.07, 6.45) is 5.29. The van der Waals surface area contributed by atoms with Crippen molar-refractivity contribution in [3.63, 3.8) is 0 Å². The van der Waals surface area contributed by atoms with Gasteiger partial charge in [-0.25, -0.2) is 0 Å². The topological polar surface area (TPSA) is 56.8 Å². The maximum Gasteiger partial charge on any atom is 0.326 e. The third-order valence-electron chi connectivity index (χ3n) is 3.84. The average Bonchev–Trinajstić information content (AvgIpc) is 2.48. The maximum absolute atomic E-state index is 12.0. The molecule has 2 unspecified atom stereocenters. The highest BCUT2D eigenvalue weighted by molar-refractivity contribution is 5.80. The van der Waals surface area contributed by atoms with E-state index in [-0.39, 0.29) is 12.1 Å². The second-order valence-corrected chi connectivity index (χ2v) is 5.75. The van der Waals surface area contributed by atoms with Crippen molar-refractivity contribution < 1.29 is 19.0 Å². The fourth-order valence-corrected chi connectivity index (χ4v) is 2.62. The van der Waals surface area contributed by atoms with Gasteiger partial charge in [0.15, 0.2) is 0 Å². The molecule has 5 heteroatoms. The van der Waals surface area contributed by atoms with Crippen LogP contribution in [0.25, 0.3) is 0 Å². The van der Waals surface area contributed by atoms with Crippen molar-refractivity contribution >= 4 is 5.97 Å². The smallest absolute Gasteiger partial charge is 0.326 e. The van der Waals surface area contributed by atoms with Crippen molar-refractivity contribution in [1.82, 2.24) is 5.32 Å². The lowest BCUT2D eigenvalue weighted by molar-refractivity contribution is -0.151. The summed E-state index contributed by atoms with van der Waals surface area (Å²) < 4.78 is 16.5. The second kappa shape index (κ2) is 10.1. The summed E-state index contributed by atoms with van der Waals surface area (Å²) in [5.74, 6) is -0.178. The molecule has 1 aliphatic heterocycles. The minimum atomic E-state index is -0.616. The van der Waals surface area contributed by atoms with Crippen LogP contribution in [0.5, 0.6) is 0 Å². The summed E-state index contributed by atoms with van der Waals surface area (Å²) in [7, 11) is 0. The van der Waals surface area contributed by atoms with E-state index in [1.165, 1.54) is 6.42 Å². The van der Waals surface area contributed by atoms with Crippen LogP contribution in [0, 0.1) is 0 Å². The Balaban J connectivity index is 2.21. The van der Waals surface area contributed by atoms with E-state index in [4.69, 9.17) is 14.2 Å². The van der Waals surface area contributed by atoms with Gasteiger partial charge < -0.3 is 19.5 Å². The predicted molar refractivity (Wildman–Crippen MR) is 82.4 cm³/mol. The van der Waals surface area contributed by atoms with E-state index in [2.05, 4.69) is 5.32 Å². The normalized spacial score (nSPS) is 21.8. The number of ether oxygens (including phenoxy) is 3. The Morgan fingerprint density at radius 2 is 2.19 bits per heavy atom. The lowest BCUT2D eigenvalue weighted by Crippen LogP contribution is -2.50. The third-order valence-corrected chi connectivity index (χ3v) is 3.84. The summed E-state index contributed by atoms with van der Waals surface area (Å²) in [6.45, 7) is 9.05. The minimum absolute atomic E-state index is 0.178. The van der Waals surface area contributed by atoms with Gasteiger partial charge in [-0.15, -0.1) is 0 Å². The lowest BCUT2D eigenvalue weighted by Gasteiger charge is -2.28. The van der Waals surface area contributed by atoms with Crippen LogP contribution in [0.15, 0.2) is 0 Å². The molecular formula is C16H31NO4. The van der Waals surface area contributed by atoms with Gasteiger partial charge in [0.1, 0.15) is 5.54 Å². The number of likely N-dealkylation sites (N-methyl/N-ethyl adjacent to an activating group) is 1. The van der Waals surface area contributed by atoms with Crippen molar-refractivity contribution in [1.29, 1.82) is 0 Å². The molecule has 5 nitrogen and oxygen atoms in total. The summed E-state index contributed by atoms with van der Waals surface area (Å²) in [5.41, 5.74) is -0.616. The first-order valence-corrected chi connectivity index (χ1v) is 8.24. The first kappa shape index (κ1) is 18.4. The number of nitrogens with one attached hydrogen (secondary N) is 1. The Morgan fingerprint density at radius 1 is 1.38 bits per heavy atom. The molecule has 1 heterocycles. The molecule has 0 aliphatic carbocycles. The molecule has 0 aromatic heterocycles. The molecule has 0 amide bonds. The molecule has 1 saturated heterocycles. The molecule has 2 atom stereocenters. The maximum atomic E-state index is 12.0. The third kappa shape index (κ3) is 6.76. The number of carbonyl (C=O) groups is 1. The van der Waals surface area contributed by atoms with Crippen molar-refractivity contribution in [3.8, 4) is 0 Å². The molecule has 0 saturated carbocycles.